The molecule has 1 N–H and O–H groups in total. The summed E-state index contributed by atoms with van der Waals surface area (Å²) in [5.74, 6) is 0.0477. The van der Waals surface area contributed by atoms with Crippen LogP contribution in [0, 0.1) is 23.7 Å². The molecule has 1 saturated heterocycles. The molecule has 2 radical (unpaired) electrons. The average Bonchev–Trinajstić information content (AvgIpc) is 2.75. The molecule has 2 heterocycles. The molecule has 5 heteroatoms. The van der Waals surface area contributed by atoms with Crippen LogP contribution >= 0.6 is 0 Å². The summed E-state index contributed by atoms with van der Waals surface area (Å²) < 4.78 is 5.40. The summed E-state index contributed by atoms with van der Waals surface area (Å²) in [6, 6.07) is 3.68. The summed E-state index contributed by atoms with van der Waals surface area (Å²) in [5.41, 5.74) is 0.0787. The Labute approximate surface area is 144 Å². The van der Waals surface area contributed by atoms with Crippen LogP contribution in [-0.2, 0) is 9.53 Å². The van der Waals surface area contributed by atoms with E-state index >= 15 is 0 Å². The fourth-order valence-corrected chi connectivity index (χ4v) is 4.67. The summed E-state index contributed by atoms with van der Waals surface area (Å²) in [6.45, 7) is 6.16. The number of fused-ring (bicyclic) bond motifs is 1. The lowest BCUT2D eigenvalue weighted by atomic mass is 9.59. The summed E-state index contributed by atoms with van der Waals surface area (Å²) in [4.78, 5) is 16.5. The van der Waals surface area contributed by atoms with Gasteiger partial charge in [-0.2, -0.15) is 0 Å². The highest BCUT2D eigenvalue weighted by atomic mass is 16.6. The molecule has 0 amide bonds. The van der Waals surface area contributed by atoms with E-state index in [1.807, 2.05) is 25.1 Å². The van der Waals surface area contributed by atoms with Crippen molar-refractivity contribution in [3.05, 3.63) is 30.1 Å². The third kappa shape index (κ3) is 2.79. The largest absolute Gasteiger partial charge is 0.460 e. The van der Waals surface area contributed by atoms with Gasteiger partial charge in [0.05, 0.1) is 5.69 Å². The predicted molar refractivity (Wildman–Crippen MR) is 93.7 cm³/mol. The summed E-state index contributed by atoms with van der Waals surface area (Å²) >= 11 is 0. The highest BCUT2D eigenvalue weighted by molar-refractivity contribution is 6.32. The Kier molecular flexibility index (Phi) is 4.56. The van der Waals surface area contributed by atoms with Gasteiger partial charge < -0.3 is 9.84 Å². The van der Waals surface area contributed by atoms with Crippen LogP contribution in [0.4, 0.5) is 0 Å². The minimum Gasteiger partial charge on any atom is -0.460 e. The maximum absolute atomic E-state index is 12.2. The molecule has 0 spiro atoms. The minimum absolute atomic E-state index is 0.0737. The molecule has 6 atom stereocenters. The van der Waals surface area contributed by atoms with Gasteiger partial charge in [-0.05, 0) is 43.2 Å². The van der Waals surface area contributed by atoms with E-state index in [1.54, 1.807) is 6.20 Å². The average molecular weight is 325 g/mol. The van der Waals surface area contributed by atoms with Crippen LogP contribution in [0.25, 0.3) is 6.08 Å². The SMILES string of the molecule is [B]c1ccc(/C=C/[C@H]2[C@H](CC)[C@@H](C)C[C@@]3(O)C(=O)O[C@H](C)[C@@H]23)nc1. The number of hydrogen-bond acceptors (Lipinski definition) is 4. The molecule has 0 bridgehead atoms. The topological polar surface area (TPSA) is 59.4 Å². The number of rotatable bonds is 3. The van der Waals surface area contributed by atoms with E-state index in [1.165, 1.54) is 0 Å². The third-order valence-corrected chi connectivity index (χ3v) is 5.75. The van der Waals surface area contributed by atoms with Gasteiger partial charge in [0.1, 0.15) is 14.0 Å². The van der Waals surface area contributed by atoms with Gasteiger partial charge in [-0.1, -0.05) is 37.9 Å². The maximum atomic E-state index is 12.2. The molecule has 24 heavy (non-hydrogen) atoms. The second kappa shape index (κ2) is 6.36. The van der Waals surface area contributed by atoms with Gasteiger partial charge >= 0.3 is 5.97 Å². The van der Waals surface area contributed by atoms with Gasteiger partial charge in [0.2, 0.25) is 0 Å². The van der Waals surface area contributed by atoms with E-state index in [0.29, 0.717) is 17.8 Å². The molecule has 1 aliphatic carbocycles. The second-order valence-electron chi connectivity index (χ2n) is 7.27. The number of carbonyl (C=O) groups is 1. The smallest absolute Gasteiger partial charge is 0.338 e. The number of ether oxygens (including phenoxy) is 1. The Morgan fingerprint density at radius 1 is 1.46 bits per heavy atom. The molecule has 1 aliphatic heterocycles. The molecular formula is C19H24BNO3. The number of hydrogen-bond donors (Lipinski definition) is 1. The van der Waals surface area contributed by atoms with Crippen LogP contribution in [0.3, 0.4) is 0 Å². The van der Waals surface area contributed by atoms with Gasteiger partial charge in [0.25, 0.3) is 0 Å². The van der Waals surface area contributed by atoms with Gasteiger partial charge in [0, 0.05) is 12.1 Å². The van der Waals surface area contributed by atoms with Crippen molar-refractivity contribution >= 4 is 25.4 Å². The fourth-order valence-electron chi connectivity index (χ4n) is 4.67. The van der Waals surface area contributed by atoms with Crippen molar-refractivity contribution < 1.29 is 14.6 Å². The van der Waals surface area contributed by atoms with Crippen LogP contribution in [-0.4, -0.2) is 35.6 Å². The Morgan fingerprint density at radius 2 is 2.21 bits per heavy atom. The van der Waals surface area contributed by atoms with Crippen LogP contribution in [0.5, 0.6) is 0 Å². The molecule has 2 fully saturated rings. The number of esters is 1. The molecule has 4 nitrogen and oxygen atoms in total. The number of allylic oxidation sites excluding steroid dienone is 1. The Hall–Kier alpha value is -1.62. The molecule has 3 rings (SSSR count). The molecule has 126 valence electrons. The number of pyridine rings is 1. The van der Waals surface area contributed by atoms with Gasteiger partial charge in [-0.3, -0.25) is 4.98 Å². The highest BCUT2D eigenvalue weighted by Crippen LogP contribution is 2.52. The molecule has 0 unspecified atom stereocenters. The Bertz CT molecular complexity index is 645. The number of aliphatic hydroxyl groups is 1. The molecule has 2 aliphatic rings. The zero-order chi connectivity index (χ0) is 17.5. The Morgan fingerprint density at radius 3 is 2.83 bits per heavy atom. The lowest BCUT2D eigenvalue weighted by molar-refractivity contribution is -0.160. The van der Waals surface area contributed by atoms with Crippen molar-refractivity contribution in [1.29, 1.82) is 0 Å². The molecule has 1 aromatic rings. The fraction of sp³-hybridized carbons (Fsp3) is 0.579. The van der Waals surface area contributed by atoms with Gasteiger partial charge in [-0.15, -0.1) is 0 Å². The number of carbonyl (C=O) groups excluding carboxylic acids is 1. The van der Waals surface area contributed by atoms with Crippen molar-refractivity contribution in [2.45, 2.75) is 45.3 Å². The second-order valence-corrected chi connectivity index (χ2v) is 7.27. The van der Waals surface area contributed by atoms with Crippen LogP contribution in [0.15, 0.2) is 24.4 Å². The number of cyclic esters (lactones) is 1. The Balaban J connectivity index is 1.94. The van der Waals surface area contributed by atoms with Crippen molar-refractivity contribution in [3.63, 3.8) is 0 Å². The summed E-state index contributed by atoms with van der Waals surface area (Å²) in [7, 11) is 5.67. The summed E-state index contributed by atoms with van der Waals surface area (Å²) in [6.07, 6.45) is 6.87. The first-order valence-corrected chi connectivity index (χ1v) is 8.70. The summed E-state index contributed by atoms with van der Waals surface area (Å²) in [5, 5.41) is 11.0. The van der Waals surface area contributed by atoms with E-state index in [4.69, 9.17) is 12.6 Å². The third-order valence-electron chi connectivity index (χ3n) is 5.75. The zero-order valence-electron chi connectivity index (χ0n) is 14.5. The first-order chi connectivity index (χ1) is 11.4. The van der Waals surface area contributed by atoms with Crippen molar-refractivity contribution in [3.8, 4) is 0 Å². The predicted octanol–water partition coefficient (Wildman–Crippen LogP) is 1.86. The monoisotopic (exact) mass is 325 g/mol. The van der Waals surface area contributed by atoms with E-state index in [2.05, 4.69) is 24.9 Å². The first-order valence-electron chi connectivity index (χ1n) is 8.70. The lowest BCUT2D eigenvalue weighted by Gasteiger charge is -2.45. The molecular weight excluding hydrogens is 301 g/mol. The van der Waals surface area contributed by atoms with E-state index in [9.17, 15) is 9.90 Å². The van der Waals surface area contributed by atoms with Gasteiger partial charge in [0.15, 0.2) is 5.60 Å². The van der Waals surface area contributed by atoms with Crippen LogP contribution in [0.2, 0.25) is 0 Å². The standard InChI is InChI=1S/C19H24BNO3/c1-4-15-11(2)9-19(23)17(12(3)24-18(19)22)16(15)8-7-14-6-5-13(20)10-21-14/h5-8,10-12,15-17,23H,4,9H2,1-3H3/b8-7+/t11-,12+,15+,16-,17-,19-/m0/s1. The molecule has 1 saturated carbocycles. The van der Waals surface area contributed by atoms with E-state index < -0.39 is 11.6 Å². The zero-order valence-corrected chi connectivity index (χ0v) is 14.5. The number of aromatic nitrogens is 1. The van der Waals surface area contributed by atoms with Gasteiger partial charge in [-0.25, -0.2) is 4.79 Å². The molecule has 1 aromatic heterocycles. The highest BCUT2D eigenvalue weighted by Gasteiger charge is 2.62. The van der Waals surface area contributed by atoms with Crippen LogP contribution < -0.4 is 5.46 Å². The van der Waals surface area contributed by atoms with E-state index in [0.717, 1.165) is 12.1 Å². The van der Waals surface area contributed by atoms with E-state index in [-0.39, 0.29) is 23.9 Å². The van der Waals surface area contributed by atoms with Crippen molar-refractivity contribution in [1.82, 2.24) is 4.98 Å². The van der Waals surface area contributed by atoms with Crippen molar-refractivity contribution in [2.24, 2.45) is 23.7 Å². The van der Waals surface area contributed by atoms with Crippen molar-refractivity contribution in [2.75, 3.05) is 0 Å². The first kappa shape index (κ1) is 17.2. The van der Waals surface area contributed by atoms with Crippen LogP contribution in [0.1, 0.15) is 39.3 Å². The molecule has 0 aromatic carbocycles. The minimum atomic E-state index is -1.37. The quantitative estimate of drug-likeness (QED) is 0.681. The maximum Gasteiger partial charge on any atom is 0.338 e. The number of nitrogens with zero attached hydrogens (tertiary/aromatic N) is 1. The lowest BCUT2D eigenvalue weighted by Crippen LogP contribution is -2.53. The normalized spacial score (nSPS) is 39.0.